The molecule has 2 bridgehead atoms. The second-order valence-electron chi connectivity index (χ2n) is 4.74. The molecule has 1 heteroatoms. The number of hydrogen-bond acceptors (Lipinski definition) is 1. The standard InChI is InChI=1S/C11H17N/c12-11-9-5-2-6-10(11)8-4-1-3-7(8)9/h2,5,7-11H,1,3-4,6,12H2. The van der Waals surface area contributed by atoms with Crippen molar-refractivity contribution in [2.24, 2.45) is 29.4 Å². The highest BCUT2D eigenvalue weighted by Crippen LogP contribution is 2.53. The number of hydrogen-bond donors (Lipinski definition) is 1. The summed E-state index contributed by atoms with van der Waals surface area (Å²) >= 11 is 0. The number of allylic oxidation sites excluding steroid dienone is 1. The molecule has 3 aliphatic rings. The van der Waals surface area contributed by atoms with E-state index in [9.17, 15) is 0 Å². The molecule has 3 aliphatic carbocycles. The average Bonchev–Trinajstić information content (AvgIpc) is 2.57. The fourth-order valence-electron chi connectivity index (χ4n) is 3.88. The van der Waals surface area contributed by atoms with Crippen molar-refractivity contribution < 1.29 is 0 Å². The van der Waals surface area contributed by atoms with E-state index < -0.39 is 0 Å². The smallest absolute Gasteiger partial charge is 0.0139 e. The van der Waals surface area contributed by atoms with Gasteiger partial charge in [-0.1, -0.05) is 18.6 Å². The fourth-order valence-corrected chi connectivity index (χ4v) is 3.88. The van der Waals surface area contributed by atoms with Crippen LogP contribution < -0.4 is 5.73 Å². The molecular formula is C11H17N. The maximum atomic E-state index is 6.22. The molecule has 2 N–H and O–H groups in total. The van der Waals surface area contributed by atoms with E-state index in [1.807, 2.05) is 0 Å². The Bertz CT molecular complexity index is 219. The SMILES string of the molecule is NC1C2C=CCC1C1CCCC21. The van der Waals surface area contributed by atoms with Gasteiger partial charge in [0.25, 0.3) is 0 Å². The summed E-state index contributed by atoms with van der Waals surface area (Å²) in [5.74, 6) is 3.53. The highest BCUT2D eigenvalue weighted by Gasteiger charge is 2.50. The van der Waals surface area contributed by atoms with Gasteiger partial charge in [-0.15, -0.1) is 0 Å². The van der Waals surface area contributed by atoms with E-state index >= 15 is 0 Å². The van der Waals surface area contributed by atoms with E-state index in [0.29, 0.717) is 6.04 Å². The van der Waals surface area contributed by atoms with Crippen LogP contribution in [0.1, 0.15) is 25.7 Å². The molecular weight excluding hydrogens is 146 g/mol. The van der Waals surface area contributed by atoms with Crippen LogP contribution in [0.5, 0.6) is 0 Å². The topological polar surface area (TPSA) is 26.0 Å². The highest BCUT2D eigenvalue weighted by atomic mass is 14.7. The lowest BCUT2D eigenvalue weighted by molar-refractivity contribution is 0.341. The Morgan fingerprint density at radius 2 is 1.92 bits per heavy atom. The second kappa shape index (κ2) is 2.35. The molecule has 0 amide bonds. The first-order chi connectivity index (χ1) is 5.88. The van der Waals surface area contributed by atoms with Gasteiger partial charge < -0.3 is 5.73 Å². The van der Waals surface area contributed by atoms with E-state index in [2.05, 4.69) is 12.2 Å². The lowest BCUT2D eigenvalue weighted by Crippen LogP contribution is -2.34. The molecule has 0 aliphatic heterocycles. The van der Waals surface area contributed by atoms with Gasteiger partial charge in [0.15, 0.2) is 0 Å². The van der Waals surface area contributed by atoms with Crippen molar-refractivity contribution in [2.75, 3.05) is 0 Å². The maximum Gasteiger partial charge on any atom is 0.0139 e. The van der Waals surface area contributed by atoms with Gasteiger partial charge >= 0.3 is 0 Å². The van der Waals surface area contributed by atoms with E-state index in [1.54, 1.807) is 0 Å². The molecule has 1 nitrogen and oxygen atoms in total. The van der Waals surface area contributed by atoms with Gasteiger partial charge in [0, 0.05) is 6.04 Å². The van der Waals surface area contributed by atoms with Crippen molar-refractivity contribution in [3.05, 3.63) is 12.2 Å². The Labute approximate surface area is 74.0 Å². The minimum absolute atomic E-state index is 0.505. The molecule has 5 unspecified atom stereocenters. The van der Waals surface area contributed by atoms with Crippen LogP contribution in [0.4, 0.5) is 0 Å². The number of nitrogens with two attached hydrogens (primary N) is 1. The van der Waals surface area contributed by atoms with Crippen molar-refractivity contribution in [2.45, 2.75) is 31.7 Å². The van der Waals surface area contributed by atoms with Gasteiger partial charge in [0.05, 0.1) is 0 Å². The first-order valence-electron chi connectivity index (χ1n) is 5.30. The molecule has 66 valence electrons. The van der Waals surface area contributed by atoms with Crippen molar-refractivity contribution in [3.63, 3.8) is 0 Å². The van der Waals surface area contributed by atoms with Crippen LogP contribution in [-0.4, -0.2) is 6.04 Å². The van der Waals surface area contributed by atoms with Crippen LogP contribution in [0.2, 0.25) is 0 Å². The van der Waals surface area contributed by atoms with Crippen molar-refractivity contribution >= 4 is 0 Å². The number of fused-ring (bicyclic) bond motifs is 5. The molecule has 0 heterocycles. The van der Waals surface area contributed by atoms with Gasteiger partial charge in [-0.3, -0.25) is 0 Å². The zero-order valence-electron chi connectivity index (χ0n) is 7.45. The molecule has 2 saturated carbocycles. The Balaban J connectivity index is 1.98. The number of rotatable bonds is 0. The van der Waals surface area contributed by atoms with Crippen LogP contribution in [-0.2, 0) is 0 Å². The predicted molar refractivity (Wildman–Crippen MR) is 49.5 cm³/mol. The largest absolute Gasteiger partial charge is 0.327 e. The van der Waals surface area contributed by atoms with Crippen molar-refractivity contribution in [1.82, 2.24) is 0 Å². The molecule has 0 saturated heterocycles. The van der Waals surface area contributed by atoms with Crippen molar-refractivity contribution in [1.29, 1.82) is 0 Å². The quantitative estimate of drug-likeness (QED) is 0.543. The van der Waals surface area contributed by atoms with E-state index in [-0.39, 0.29) is 0 Å². The second-order valence-corrected chi connectivity index (χ2v) is 4.74. The third-order valence-corrected chi connectivity index (χ3v) is 4.37. The highest BCUT2D eigenvalue weighted by molar-refractivity contribution is 5.14. The average molecular weight is 163 g/mol. The molecule has 0 aromatic carbocycles. The van der Waals surface area contributed by atoms with Crippen LogP contribution in [0.25, 0.3) is 0 Å². The Kier molecular flexibility index (Phi) is 1.40. The Morgan fingerprint density at radius 3 is 2.83 bits per heavy atom. The molecule has 5 atom stereocenters. The molecule has 12 heavy (non-hydrogen) atoms. The molecule has 3 rings (SSSR count). The fraction of sp³-hybridized carbons (Fsp3) is 0.818. The normalized spacial score (nSPS) is 55.9. The summed E-state index contributed by atoms with van der Waals surface area (Å²) in [6.07, 6.45) is 10.4. The third-order valence-electron chi connectivity index (χ3n) is 4.37. The summed E-state index contributed by atoms with van der Waals surface area (Å²) in [7, 11) is 0. The monoisotopic (exact) mass is 163 g/mol. The Hall–Kier alpha value is -0.300. The van der Waals surface area contributed by atoms with Crippen LogP contribution in [0, 0.1) is 23.7 Å². The van der Waals surface area contributed by atoms with Gasteiger partial charge in [-0.25, -0.2) is 0 Å². The lowest BCUT2D eigenvalue weighted by atomic mass is 9.86. The van der Waals surface area contributed by atoms with E-state index in [1.165, 1.54) is 25.7 Å². The van der Waals surface area contributed by atoms with E-state index in [0.717, 1.165) is 23.7 Å². The van der Waals surface area contributed by atoms with E-state index in [4.69, 9.17) is 5.73 Å². The predicted octanol–water partition coefficient (Wildman–Crippen LogP) is 1.94. The van der Waals surface area contributed by atoms with Gasteiger partial charge in [0.2, 0.25) is 0 Å². The Morgan fingerprint density at radius 1 is 1.08 bits per heavy atom. The van der Waals surface area contributed by atoms with Crippen molar-refractivity contribution in [3.8, 4) is 0 Å². The molecule has 0 radical (unpaired) electrons. The lowest BCUT2D eigenvalue weighted by Gasteiger charge is -2.24. The minimum atomic E-state index is 0.505. The summed E-state index contributed by atoms with van der Waals surface area (Å²) in [5.41, 5.74) is 6.22. The summed E-state index contributed by atoms with van der Waals surface area (Å²) in [5, 5.41) is 0. The van der Waals surface area contributed by atoms with Gasteiger partial charge in [-0.05, 0) is 42.9 Å². The minimum Gasteiger partial charge on any atom is -0.327 e. The molecule has 0 aromatic rings. The van der Waals surface area contributed by atoms with Crippen LogP contribution in [0.15, 0.2) is 12.2 Å². The molecule has 0 spiro atoms. The first kappa shape index (κ1) is 7.14. The molecule has 0 aromatic heterocycles. The first-order valence-corrected chi connectivity index (χ1v) is 5.30. The molecule has 2 fully saturated rings. The summed E-state index contributed by atoms with van der Waals surface area (Å²) in [4.78, 5) is 0. The van der Waals surface area contributed by atoms with Crippen LogP contribution in [0.3, 0.4) is 0 Å². The zero-order chi connectivity index (χ0) is 8.13. The maximum absolute atomic E-state index is 6.22. The summed E-state index contributed by atoms with van der Waals surface area (Å²) in [6, 6.07) is 0.505. The summed E-state index contributed by atoms with van der Waals surface area (Å²) < 4.78 is 0. The summed E-state index contributed by atoms with van der Waals surface area (Å²) in [6.45, 7) is 0. The van der Waals surface area contributed by atoms with Crippen LogP contribution >= 0.6 is 0 Å². The van der Waals surface area contributed by atoms with Gasteiger partial charge in [0.1, 0.15) is 0 Å². The van der Waals surface area contributed by atoms with Gasteiger partial charge in [-0.2, -0.15) is 0 Å². The zero-order valence-corrected chi connectivity index (χ0v) is 7.45. The third kappa shape index (κ3) is 0.731.